The van der Waals surface area contributed by atoms with Gasteiger partial charge in [-0.15, -0.1) is 0 Å². The van der Waals surface area contributed by atoms with E-state index in [1.165, 1.54) is 6.08 Å². The lowest BCUT2D eigenvalue weighted by atomic mass is 9.90. The Labute approximate surface area is 172 Å². The van der Waals surface area contributed by atoms with Crippen molar-refractivity contribution < 1.29 is 14.4 Å². The monoisotopic (exact) mass is 395 g/mol. The van der Waals surface area contributed by atoms with Crippen LogP contribution in [-0.4, -0.2) is 30.2 Å². The number of amides is 2. The molecule has 0 aromatic heterocycles. The normalized spacial score (nSPS) is 18.3. The van der Waals surface area contributed by atoms with Gasteiger partial charge in [-0.2, -0.15) is 5.26 Å². The van der Waals surface area contributed by atoms with E-state index in [2.05, 4.69) is 16.7 Å². The van der Waals surface area contributed by atoms with Crippen LogP contribution >= 0.6 is 0 Å². The van der Waals surface area contributed by atoms with Gasteiger partial charge in [-0.1, -0.05) is 50.3 Å². The maximum Gasteiger partial charge on any atom is 0.224 e. The molecule has 2 amide bonds. The van der Waals surface area contributed by atoms with E-state index >= 15 is 0 Å². The zero-order valence-corrected chi connectivity index (χ0v) is 17.1. The van der Waals surface area contributed by atoms with E-state index in [-0.39, 0.29) is 35.9 Å². The van der Waals surface area contributed by atoms with Gasteiger partial charge in [-0.05, 0) is 36.8 Å². The third-order valence-corrected chi connectivity index (χ3v) is 4.99. The van der Waals surface area contributed by atoms with Gasteiger partial charge in [0.15, 0.2) is 5.78 Å². The first-order chi connectivity index (χ1) is 13.9. The minimum atomic E-state index is -0.735. The van der Waals surface area contributed by atoms with Crippen molar-refractivity contribution in [3.8, 4) is 6.07 Å². The molecule has 2 N–H and O–H groups in total. The van der Waals surface area contributed by atoms with Gasteiger partial charge < -0.3 is 10.6 Å². The highest BCUT2D eigenvalue weighted by molar-refractivity contribution is 5.96. The lowest BCUT2D eigenvalue weighted by Gasteiger charge is -2.21. The van der Waals surface area contributed by atoms with Crippen molar-refractivity contribution in [3.63, 3.8) is 0 Å². The third kappa shape index (κ3) is 7.53. The number of carbonyl (C=O) groups excluding carboxylic acids is 3. The van der Waals surface area contributed by atoms with E-state index in [4.69, 9.17) is 0 Å². The Balaban J connectivity index is 1.97. The van der Waals surface area contributed by atoms with E-state index < -0.39 is 12.0 Å². The molecular weight excluding hydrogens is 366 g/mol. The molecule has 1 saturated heterocycles. The Bertz CT molecular complexity index is 780. The molecule has 1 heterocycles. The molecule has 1 fully saturated rings. The van der Waals surface area contributed by atoms with Crippen LogP contribution in [0.2, 0.25) is 0 Å². The van der Waals surface area contributed by atoms with Crippen molar-refractivity contribution in [2.24, 2.45) is 17.8 Å². The SMILES string of the molecule is CC(C)C[C@H](CC(=O)/C=C/c1ccccc1)C(=O)N[C@H](C#N)C[C@@H]1CCNC1=O. The van der Waals surface area contributed by atoms with Crippen molar-refractivity contribution in [2.45, 2.75) is 45.6 Å². The van der Waals surface area contributed by atoms with Crippen molar-refractivity contribution in [1.29, 1.82) is 5.26 Å². The first-order valence-electron chi connectivity index (χ1n) is 10.1. The van der Waals surface area contributed by atoms with E-state index in [9.17, 15) is 19.6 Å². The molecule has 0 aliphatic carbocycles. The second-order valence-corrected chi connectivity index (χ2v) is 7.94. The van der Waals surface area contributed by atoms with Gasteiger partial charge in [0.05, 0.1) is 6.07 Å². The molecule has 0 bridgehead atoms. The minimum Gasteiger partial charge on any atom is -0.356 e. The molecule has 1 aromatic rings. The smallest absolute Gasteiger partial charge is 0.224 e. The van der Waals surface area contributed by atoms with Gasteiger partial charge in [0, 0.05) is 24.8 Å². The van der Waals surface area contributed by atoms with Crippen molar-refractivity contribution in [1.82, 2.24) is 10.6 Å². The summed E-state index contributed by atoms with van der Waals surface area (Å²) in [5, 5.41) is 14.9. The molecule has 0 radical (unpaired) electrons. The van der Waals surface area contributed by atoms with Crippen LogP contribution in [-0.2, 0) is 14.4 Å². The van der Waals surface area contributed by atoms with E-state index in [0.29, 0.717) is 25.8 Å². The predicted molar refractivity (Wildman–Crippen MR) is 111 cm³/mol. The lowest BCUT2D eigenvalue weighted by Crippen LogP contribution is -2.41. The number of nitrogens with one attached hydrogen (secondary N) is 2. The number of rotatable bonds is 10. The quantitative estimate of drug-likeness (QED) is 0.595. The highest BCUT2D eigenvalue weighted by Crippen LogP contribution is 2.19. The lowest BCUT2D eigenvalue weighted by molar-refractivity contribution is -0.129. The van der Waals surface area contributed by atoms with E-state index in [1.807, 2.05) is 44.2 Å². The molecule has 1 aliphatic rings. The summed E-state index contributed by atoms with van der Waals surface area (Å²) < 4.78 is 0. The number of carbonyl (C=O) groups is 3. The highest BCUT2D eigenvalue weighted by atomic mass is 16.2. The zero-order chi connectivity index (χ0) is 21.2. The number of nitrogens with zero attached hydrogens (tertiary/aromatic N) is 1. The van der Waals surface area contributed by atoms with Gasteiger partial charge in [-0.3, -0.25) is 14.4 Å². The Kier molecular flexibility index (Phi) is 8.60. The van der Waals surface area contributed by atoms with Crippen LogP contribution in [0.1, 0.15) is 45.1 Å². The summed E-state index contributed by atoms with van der Waals surface area (Å²) in [6.45, 7) is 4.60. The average molecular weight is 396 g/mol. The molecule has 1 aliphatic heterocycles. The molecule has 3 atom stereocenters. The van der Waals surface area contributed by atoms with Gasteiger partial charge in [0.25, 0.3) is 0 Å². The van der Waals surface area contributed by atoms with Crippen LogP contribution in [0.3, 0.4) is 0 Å². The number of ketones is 1. The first kappa shape index (κ1) is 22.4. The second-order valence-electron chi connectivity index (χ2n) is 7.94. The van der Waals surface area contributed by atoms with E-state index in [1.54, 1.807) is 6.08 Å². The Morgan fingerprint density at radius 1 is 1.31 bits per heavy atom. The summed E-state index contributed by atoms with van der Waals surface area (Å²) >= 11 is 0. The predicted octanol–water partition coefficient (Wildman–Crippen LogP) is 2.86. The van der Waals surface area contributed by atoms with Gasteiger partial charge in [-0.25, -0.2) is 0 Å². The molecule has 29 heavy (non-hydrogen) atoms. The Hall–Kier alpha value is -2.94. The van der Waals surface area contributed by atoms with Crippen LogP contribution in [0.15, 0.2) is 36.4 Å². The molecule has 1 aromatic carbocycles. The van der Waals surface area contributed by atoms with Crippen molar-refractivity contribution >= 4 is 23.7 Å². The number of benzene rings is 1. The van der Waals surface area contributed by atoms with Crippen LogP contribution < -0.4 is 10.6 Å². The van der Waals surface area contributed by atoms with Crippen LogP contribution in [0.5, 0.6) is 0 Å². The summed E-state index contributed by atoms with van der Waals surface area (Å²) in [4.78, 5) is 36.9. The third-order valence-electron chi connectivity index (χ3n) is 4.99. The fraction of sp³-hybridized carbons (Fsp3) is 0.478. The van der Waals surface area contributed by atoms with Crippen LogP contribution in [0.4, 0.5) is 0 Å². The summed E-state index contributed by atoms with van der Waals surface area (Å²) in [6.07, 6.45) is 4.85. The molecule has 0 spiro atoms. The number of hydrogen-bond acceptors (Lipinski definition) is 4. The molecule has 154 valence electrons. The summed E-state index contributed by atoms with van der Waals surface area (Å²) in [5.74, 6) is -1.02. The summed E-state index contributed by atoms with van der Waals surface area (Å²) in [6, 6.07) is 10.8. The molecule has 0 unspecified atom stereocenters. The van der Waals surface area contributed by atoms with Gasteiger partial charge in [0.1, 0.15) is 6.04 Å². The maximum atomic E-state index is 12.8. The standard InChI is InChI=1S/C23H29N3O3/c1-16(2)12-19(14-21(27)9-8-17-6-4-3-5-7-17)23(29)26-20(15-24)13-18-10-11-25-22(18)28/h3-9,16,18-20H,10-14H2,1-2H3,(H,25,28)(H,26,29)/b9-8+/t18-,19+,20-/m0/s1. The second kappa shape index (κ2) is 11.2. The topological polar surface area (TPSA) is 99.1 Å². The van der Waals surface area contributed by atoms with E-state index in [0.717, 1.165) is 5.56 Å². The van der Waals surface area contributed by atoms with Gasteiger partial charge in [0.2, 0.25) is 11.8 Å². The fourth-order valence-electron chi connectivity index (χ4n) is 3.50. The molecule has 6 nitrogen and oxygen atoms in total. The Morgan fingerprint density at radius 3 is 2.62 bits per heavy atom. The number of hydrogen-bond donors (Lipinski definition) is 2. The summed E-state index contributed by atoms with van der Waals surface area (Å²) in [7, 11) is 0. The van der Waals surface area contributed by atoms with Crippen LogP contribution in [0.25, 0.3) is 6.08 Å². The molecular formula is C23H29N3O3. The van der Waals surface area contributed by atoms with Crippen LogP contribution in [0, 0.1) is 29.1 Å². The molecule has 6 heteroatoms. The highest BCUT2D eigenvalue weighted by Gasteiger charge is 2.30. The van der Waals surface area contributed by atoms with Gasteiger partial charge >= 0.3 is 0 Å². The first-order valence-corrected chi connectivity index (χ1v) is 10.1. The average Bonchev–Trinajstić information content (AvgIpc) is 3.10. The largest absolute Gasteiger partial charge is 0.356 e. The Morgan fingerprint density at radius 2 is 2.03 bits per heavy atom. The maximum absolute atomic E-state index is 12.8. The summed E-state index contributed by atoms with van der Waals surface area (Å²) in [5.41, 5.74) is 0.921. The number of nitriles is 1. The zero-order valence-electron chi connectivity index (χ0n) is 17.1. The molecule has 2 rings (SSSR count). The van der Waals surface area contributed by atoms with Crippen molar-refractivity contribution in [3.05, 3.63) is 42.0 Å². The fourth-order valence-corrected chi connectivity index (χ4v) is 3.50. The number of allylic oxidation sites excluding steroid dienone is 1. The van der Waals surface area contributed by atoms with Crippen molar-refractivity contribution in [2.75, 3.05) is 6.54 Å². The molecule has 0 saturated carbocycles. The minimum absolute atomic E-state index is 0.0699.